The molecule has 18 heavy (non-hydrogen) atoms. The summed E-state index contributed by atoms with van der Waals surface area (Å²) in [5, 5.41) is 9.66. The van der Waals surface area contributed by atoms with Crippen molar-refractivity contribution in [2.24, 2.45) is 0 Å². The van der Waals surface area contributed by atoms with Crippen LogP contribution in [0.25, 0.3) is 0 Å². The van der Waals surface area contributed by atoms with E-state index < -0.39 is 6.10 Å². The van der Waals surface area contributed by atoms with Gasteiger partial charge in [-0.3, -0.25) is 4.98 Å². The largest absolute Gasteiger partial charge is 0.387 e. The maximum absolute atomic E-state index is 9.66. The molecule has 1 aromatic carbocycles. The van der Waals surface area contributed by atoms with Crippen LogP contribution >= 0.6 is 11.8 Å². The lowest BCUT2D eigenvalue weighted by molar-refractivity contribution is 0.169. The van der Waals surface area contributed by atoms with Gasteiger partial charge in [0.15, 0.2) is 0 Å². The van der Waals surface area contributed by atoms with Gasteiger partial charge in [0, 0.05) is 16.8 Å². The first kappa shape index (κ1) is 13.1. The van der Waals surface area contributed by atoms with Crippen LogP contribution < -0.4 is 0 Å². The van der Waals surface area contributed by atoms with Crippen LogP contribution in [-0.2, 0) is 5.75 Å². The number of benzene rings is 1. The van der Waals surface area contributed by atoms with E-state index in [-0.39, 0.29) is 0 Å². The van der Waals surface area contributed by atoms with E-state index in [1.54, 1.807) is 11.8 Å². The van der Waals surface area contributed by atoms with E-state index in [1.165, 1.54) is 5.56 Å². The minimum atomic E-state index is -0.446. The molecular weight excluding hydrogens is 242 g/mol. The Balaban J connectivity index is 1.94. The van der Waals surface area contributed by atoms with Crippen molar-refractivity contribution in [1.82, 2.24) is 4.98 Å². The molecule has 0 fully saturated rings. The van der Waals surface area contributed by atoms with Crippen LogP contribution in [0.2, 0.25) is 0 Å². The zero-order chi connectivity index (χ0) is 12.8. The Morgan fingerprint density at radius 2 is 1.94 bits per heavy atom. The minimum absolute atomic E-state index is 0.446. The number of aromatic nitrogens is 1. The number of rotatable bonds is 5. The highest BCUT2D eigenvalue weighted by Crippen LogP contribution is 2.23. The van der Waals surface area contributed by atoms with Crippen LogP contribution in [0.15, 0.2) is 53.6 Å². The molecule has 2 nitrogen and oxygen atoms in total. The lowest BCUT2D eigenvalue weighted by atomic mass is 10.2. The quantitative estimate of drug-likeness (QED) is 0.829. The molecular formula is C15H17NOS. The molecule has 1 atom stereocenters. The van der Waals surface area contributed by atoms with Gasteiger partial charge in [0.25, 0.3) is 0 Å². The van der Waals surface area contributed by atoms with Crippen molar-refractivity contribution in [3.63, 3.8) is 0 Å². The Labute approximate surface area is 112 Å². The highest BCUT2D eigenvalue weighted by molar-refractivity contribution is 7.98. The molecule has 1 heterocycles. The molecule has 0 spiro atoms. The maximum Gasteiger partial charge on any atom is 0.0957 e. The monoisotopic (exact) mass is 259 g/mol. The second kappa shape index (κ2) is 6.57. The molecule has 0 amide bonds. The number of hydrogen-bond donors (Lipinski definition) is 1. The van der Waals surface area contributed by atoms with E-state index >= 15 is 0 Å². The van der Waals surface area contributed by atoms with Gasteiger partial charge in [0.05, 0.1) is 11.8 Å². The van der Waals surface area contributed by atoms with Gasteiger partial charge in [-0.1, -0.05) is 37.3 Å². The molecule has 0 bridgehead atoms. The molecule has 0 saturated carbocycles. The van der Waals surface area contributed by atoms with Crippen LogP contribution in [0.5, 0.6) is 0 Å². The molecule has 0 aliphatic heterocycles. The second-order valence-electron chi connectivity index (χ2n) is 4.12. The number of nitrogens with zero attached hydrogens (tertiary/aromatic N) is 1. The van der Waals surface area contributed by atoms with Gasteiger partial charge < -0.3 is 5.11 Å². The molecule has 0 unspecified atom stereocenters. The lowest BCUT2D eigenvalue weighted by Gasteiger charge is -2.07. The normalized spacial score (nSPS) is 12.3. The molecule has 0 aliphatic rings. The average molecular weight is 259 g/mol. The third kappa shape index (κ3) is 3.59. The average Bonchev–Trinajstić information content (AvgIpc) is 2.46. The first-order chi connectivity index (χ1) is 8.79. The Hall–Kier alpha value is -1.32. The number of thioether (sulfide) groups is 1. The fourth-order valence-corrected chi connectivity index (χ4v) is 2.44. The van der Waals surface area contributed by atoms with E-state index in [9.17, 15) is 5.11 Å². The molecule has 0 aliphatic carbocycles. The van der Waals surface area contributed by atoms with Crippen LogP contribution in [0.1, 0.15) is 30.7 Å². The molecule has 94 valence electrons. The molecule has 0 saturated heterocycles. The molecule has 2 aromatic rings. The maximum atomic E-state index is 9.66. The third-order valence-corrected chi connectivity index (χ3v) is 3.79. The smallest absolute Gasteiger partial charge is 0.0957 e. The van der Waals surface area contributed by atoms with Crippen molar-refractivity contribution in [3.05, 3.63) is 59.9 Å². The Morgan fingerprint density at radius 1 is 1.17 bits per heavy atom. The Bertz CT molecular complexity index is 470. The number of pyridine rings is 1. The Morgan fingerprint density at radius 3 is 2.56 bits per heavy atom. The summed E-state index contributed by atoms with van der Waals surface area (Å²) >= 11 is 1.76. The summed E-state index contributed by atoms with van der Waals surface area (Å²) in [4.78, 5) is 5.42. The van der Waals surface area contributed by atoms with E-state index in [2.05, 4.69) is 29.2 Å². The van der Waals surface area contributed by atoms with Gasteiger partial charge in [-0.25, -0.2) is 0 Å². The number of hydrogen-bond acceptors (Lipinski definition) is 3. The van der Waals surface area contributed by atoms with Gasteiger partial charge in [-0.2, -0.15) is 0 Å². The minimum Gasteiger partial charge on any atom is -0.387 e. The predicted molar refractivity (Wildman–Crippen MR) is 75.5 cm³/mol. The zero-order valence-corrected chi connectivity index (χ0v) is 11.2. The molecule has 2 rings (SSSR count). The van der Waals surface area contributed by atoms with Crippen molar-refractivity contribution < 1.29 is 5.11 Å². The molecule has 3 heteroatoms. The van der Waals surface area contributed by atoms with Crippen molar-refractivity contribution in [1.29, 1.82) is 0 Å². The van der Waals surface area contributed by atoms with Crippen molar-refractivity contribution in [2.45, 2.75) is 30.1 Å². The number of aliphatic hydroxyl groups excluding tert-OH is 1. The van der Waals surface area contributed by atoms with E-state index in [4.69, 9.17) is 0 Å². The Kier molecular flexibility index (Phi) is 4.79. The van der Waals surface area contributed by atoms with Crippen LogP contribution in [0.4, 0.5) is 0 Å². The fraction of sp³-hybridized carbons (Fsp3) is 0.267. The molecule has 1 N–H and O–H groups in total. The highest BCUT2D eigenvalue weighted by atomic mass is 32.2. The number of aliphatic hydroxyl groups is 1. The van der Waals surface area contributed by atoms with E-state index in [0.717, 1.165) is 16.3 Å². The summed E-state index contributed by atoms with van der Waals surface area (Å²) in [6.45, 7) is 1.95. The highest BCUT2D eigenvalue weighted by Gasteiger charge is 2.05. The second-order valence-corrected chi connectivity index (χ2v) is 5.17. The van der Waals surface area contributed by atoms with Gasteiger partial charge in [-0.15, -0.1) is 11.8 Å². The summed E-state index contributed by atoms with van der Waals surface area (Å²) in [5.74, 6) is 0.943. The van der Waals surface area contributed by atoms with E-state index in [1.807, 2.05) is 31.3 Å². The fourth-order valence-electron chi connectivity index (χ4n) is 1.62. The van der Waals surface area contributed by atoms with Crippen molar-refractivity contribution >= 4 is 11.8 Å². The van der Waals surface area contributed by atoms with Gasteiger partial charge in [0.2, 0.25) is 0 Å². The van der Waals surface area contributed by atoms with Crippen molar-refractivity contribution in [2.75, 3.05) is 0 Å². The molecule has 0 radical (unpaired) electrons. The van der Waals surface area contributed by atoms with Crippen molar-refractivity contribution in [3.8, 4) is 0 Å². The van der Waals surface area contributed by atoms with E-state index in [0.29, 0.717) is 6.42 Å². The van der Waals surface area contributed by atoms with Gasteiger partial charge in [0.1, 0.15) is 0 Å². The summed E-state index contributed by atoms with van der Waals surface area (Å²) in [6, 6.07) is 14.3. The standard InChI is InChI=1S/C15H17NOS/c1-2-15(17)14-9-8-13(10-16-14)18-11-12-6-4-3-5-7-12/h3-10,15,17H,2,11H2,1H3/t15-/m0/s1. The third-order valence-electron chi connectivity index (χ3n) is 2.74. The first-order valence-corrected chi connectivity index (χ1v) is 7.09. The zero-order valence-electron chi connectivity index (χ0n) is 10.4. The SMILES string of the molecule is CC[C@H](O)c1ccc(SCc2ccccc2)cn1. The summed E-state index contributed by atoms with van der Waals surface area (Å²) in [5.41, 5.74) is 2.06. The predicted octanol–water partition coefficient (Wildman–Crippen LogP) is 3.82. The van der Waals surface area contributed by atoms with Crippen LogP contribution in [-0.4, -0.2) is 10.1 Å². The first-order valence-electron chi connectivity index (χ1n) is 6.10. The summed E-state index contributed by atoms with van der Waals surface area (Å²) in [7, 11) is 0. The van der Waals surface area contributed by atoms with Gasteiger partial charge in [-0.05, 0) is 24.1 Å². The van der Waals surface area contributed by atoms with Gasteiger partial charge >= 0.3 is 0 Å². The topological polar surface area (TPSA) is 33.1 Å². The summed E-state index contributed by atoms with van der Waals surface area (Å²) in [6.07, 6.45) is 2.09. The summed E-state index contributed by atoms with van der Waals surface area (Å²) < 4.78 is 0. The lowest BCUT2D eigenvalue weighted by Crippen LogP contribution is -1.97. The van der Waals surface area contributed by atoms with Crippen LogP contribution in [0.3, 0.4) is 0 Å². The molecule has 1 aromatic heterocycles. The van der Waals surface area contributed by atoms with Crippen LogP contribution in [0, 0.1) is 0 Å².